The number of nitrogens with one attached hydrogen (secondary N) is 2. The topological polar surface area (TPSA) is 67.4 Å². The van der Waals surface area contributed by atoms with Gasteiger partial charge in [-0.1, -0.05) is 36.4 Å². The van der Waals surface area contributed by atoms with Crippen molar-refractivity contribution in [2.45, 2.75) is 26.0 Å². The highest BCUT2D eigenvalue weighted by atomic mass is 127. The highest BCUT2D eigenvalue weighted by molar-refractivity contribution is 14.0. The summed E-state index contributed by atoms with van der Waals surface area (Å²) in [4.78, 5) is 7.16. The van der Waals surface area contributed by atoms with Gasteiger partial charge in [0.15, 0.2) is 5.96 Å². The summed E-state index contributed by atoms with van der Waals surface area (Å²) in [6.07, 6.45) is 1.04. The highest BCUT2D eigenvalue weighted by Gasteiger charge is 2.22. The summed E-state index contributed by atoms with van der Waals surface area (Å²) in [5.41, 5.74) is 2.35. The van der Waals surface area contributed by atoms with Crippen molar-refractivity contribution in [3.05, 3.63) is 59.7 Å². The Morgan fingerprint density at radius 1 is 1.09 bits per heavy atom. The molecule has 180 valence electrons. The predicted octanol–water partition coefficient (Wildman–Crippen LogP) is 3.07. The molecule has 2 N–H and O–H groups in total. The summed E-state index contributed by atoms with van der Waals surface area (Å²) >= 11 is 0. The number of hydrogen-bond acceptors (Lipinski definition) is 5. The maximum Gasteiger partial charge on any atom is 0.191 e. The number of rotatable bonds is 9. The first-order valence-corrected chi connectivity index (χ1v) is 11.6. The van der Waals surface area contributed by atoms with Crippen molar-refractivity contribution in [1.29, 1.82) is 0 Å². The molecule has 0 amide bonds. The van der Waals surface area contributed by atoms with Gasteiger partial charge in [-0.05, 0) is 24.6 Å². The Bertz CT molecular complexity index is 864. The molecular formula is C25H35IN4O3. The molecule has 7 nitrogen and oxygen atoms in total. The van der Waals surface area contributed by atoms with Crippen LogP contribution in [0.2, 0.25) is 0 Å². The van der Waals surface area contributed by atoms with E-state index in [1.165, 1.54) is 5.56 Å². The molecule has 2 aromatic rings. The summed E-state index contributed by atoms with van der Waals surface area (Å²) in [5, 5.41) is 6.76. The normalized spacial score (nSPS) is 18.1. The van der Waals surface area contributed by atoms with Crippen LogP contribution in [0.4, 0.5) is 0 Å². The van der Waals surface area contributed by atoms with Gasteiger partial charge >= 0.3 is 0 Å². The van der Waals surface area contributed by atoms with Crippen LogP contribution in [0, 0.1) is 0 Å². The van der Waals surface area contributed by atoms with Crippen molar-refractivity contribution in [3.63, 3.8) is 0 Å². The summed E-state index contributed by atoms with van der Waals surface area (Å²) in [5.74, 6) is 2.68. The lowest BCUT2D eigenvalue weighted by atomic mass is 10.1. The zero-order valence-electron chi connectivity index (χ0n) is 19.3. The van der Waals surface area contributed by atoms with Gasteiger partial charge in [-0.3, -0.25) is 4.90 Å². The molecule has 1 unspecified atom stereocenters. The largest absolute Gasteiger partial charge is 0.492 e. The molecule has 0 spiro atoms. The fourth-order valence-corrected chi connectivity index (χ4v) is 3.97. The number of para-hydroxylation sites is 2. The average Bonchev–Trinajstić information content (AvgIpc) is 3.25. The molecule has 1 fully saturated rings. The van der Waals surface area contributed by atoms with E-state index in [-0.39, 0.29) is 30.1 Å². The number of ether oxygens (including phenoxy) is 3. The molecule has 0 saturated carbocycles. The number of aliphatic imine (C=N–C) groups is 1. The van der Waals surface area contributed by atoms with E-state index >= 15 is 0 Å². The minimum atomic E-state index is 0. The smallest absolute Gasteiger partial charge is 0.191 e. The van der Waals surface area contributed by atoms with Crippen molar-refractivity contribution in [2.75, 3.05) is 52.5 Å². The Balaban J connectivity index is 0.00000306. The van der Waals surface area contributed by atoms with Crippen LogP contribution in [0.25, 0.3) is 0 Å². The SMILES string of the molecule is CCNC(=NCc1ccccc1OCCN1CCOCC1)NCC1Cc2ccccc2O1.I. The molecule has 0 bridgehead atoms. The molecule has 0 radical (unpaired) electrons. The molecular weight excluding hydrogens is 531 g/mol. The number of morpholine rings is 1. The van der Waals surface area contributed by atoms with Crippen LogP contribution in [-0.2, 0) is 17.7 Å². The number of hydrogen-bond donors (Lipinski definition) is 2. The molecule has 8 heteroatoms. The van der Waals surface area contributed by atoms with Crippen LogP contribution < -0.4 is 20.1 Å². The van der Waals surface area contributed by atoms with Crippen molar-refractivity contribution in [3.8, 4) is 11.5 Å². The van der Waals surface area contributed by atoms with Crippen molar-refractivity contribution >= 4 is 29.9 Å². The fraction of sp³-hybridized carbons (Fsp3) is 0.480. The zero-order valence-corrected chi connectivity index (χ0v) is 21.6. The third-order valence-electron chi connectivity index (χ3n) is 5.70. The Kier molecular flexibility index (Phi) is 10.6. The van der Waals surface area contributed by atoms with E-state index in [0.717, 1.165) is 68.8 Å². The zero-order chi connectivity index (χ0) is 22.0. The third-order valence-corrected chi connectivity index (χ3v) is 5.70. The highest BCUT2D eigenvalue weighted by Crippen LogP contribution is 2.27. The molecule has 4 rings (SSSR count). The second-order valence-electron chi connectivity index (χ2n) is 8.04. The second kappa shape index (κ2) is 13.6. The van der Waals surface area contributed by atoms with Gasteiger partial charge in [-0.15, -0.1) is 24.0 Å². The Morgan fingerprint density at radius 2 is 1.88 bits per heavy atom. The van der Waals surface area contributed by atoms with Crippen LogP contribution in [0.5, 0.6) is 11.5 Å². The van der Waals surface area contributed by atoms with Crippen LogP contribution in [0.15, 0.2) is 53.5 Å². The molecule has 0 aromatic heterocycles. The van der Waals surface area contributed by atoms with Gasteiger partial charge in [0, 0.05) is 38.2 Å². The van der Waals surface area contributed by atoms with Crippen molar-refractivity contribution in [2.24, 2.45) is 4.99 Å². The Morgan fingerprint density at radius 3 is 2.70 bits per heavy atom. The molecule has 33 heavy (non-hydrogen) atoms. The first-order valence-electron chi connectivity index (χ1n) is 11.6. The van der Waals surface area contributed by atoms with Gasteiger partial charge < -0.3 is 24.8 Å². The van der Waals surface area contributed by atoms with Crippen LogP contribution in [0.3, 0.4) is 0 Å². The standard InChI is InChI=1S/C25H34N4O3.HI/c1-2-26-25(28-19-22-17-20-7-3-6-10-24(20)32-22)27-18-21-8-4-5-9-23(21)31-16-13-29-11-14-30-15-12-29;/h3-10,22H,2,11-19H2,1H3,(H2,26,27,28);1H. The van der Waals surface area contributed by atoms with E-state index in [2.05, 4.69) is 40.7 Å². The van der Waals surface area contributed by atoms with E-state index in [0.29, 0.717) is 19.7 Å². The first kappa shape index (κ1) is 25.6. The Hall–Kier alpha value is -2.04. The minimum absolute atomic E-state index is 0. The lowest BCUT2D eigenvalue weighted by Gasteiger charge is -2.26. The van der Waals surface area contributed by atoms with Crippen LogP contribution in [-0.4, -0.2) is 69.5 Å². The van der Waals surface area contributed by atoms with Crippen LogP contribution >= 0.6 is 24.0 Å². The third kappa shape index (κ3) is 7.75. The van der Waals surface area contributed by atoms with Gasteiger partial charge in [0.1, 0.15) is 24.2 Å². The summed E-state index contributed by atoms with van der Waals surface area (Å²) < 4.78 is 17.5. The number of fused-ring (bicyclic) bond motifs is 1. The van der Waals surface area contributed by atoms with E-state index in [1.54, 1.807) is 0 Å². The summed E-state index contributed by atoms with van der Waals surface area (Å²) in [6, 6.07) is 16.4. The lowest BCUT2D eigenvalue weighted by Crippen LogP contribution is -2.42. The van der Waals surface area contributed by atoms with Gasteiger partial charge in [0.25, 0.3) is 0 Å². The van der Waals surface area contributed by atoms with Crippen LogP contribution in [0.1, 0.15) is 18.1 Å². The van der Waals surface area contributed by atoms with Crippen molar-refractivity contribution < 1.29 is 14.2 Å². The number of nitrogens with zero attached hydrogens (tertiary/aromatic N) is 2. The molecule has 2 aromatic carbocycles. The van der Waals surface area contributed by atoms with Gasteiger partial charge in [-0.2, -0.15) is 0 Å². The van der Waals surface area contributed by atoms with Gasteiger partial charge in [0.2, 0.25) is 0 Å². The van der Waals surface area contributed by atoms with E-state index in [4.69, 9.17) is 19.2 Å². The van der Waals surface area contributed by atoms with E-state index in [1.807, 2.05) is 30.3 Å². The molecule has 1 saturated heterocycles. The predicted molar refractivity (Wildman–Crippen MR) is 142 cm³/mol. The number of guanidine groups is 1. The maximum absolute atomic E-state index is 6.10. The number of benzene rings is 2. The molecule has 2 heterocycles. The molecule has 2 aliphatic rings. The van der Waals surface area contributed by atoms with E-state index < -0.39 is 0 Å². The molecule has 0 aliphatic carbocycles. The monoisotopic (exact) mass is 566 g/mol. The maximum atomic E-state index is 6.10. The van der Waals surface area contributed by atoms with E-state index in [9.17, 15) is 0 Å². The molecule has 2 aliphatic heterocycles. The summed E-state index contributed by atoms with van der Waals surface area (Å²) in [7, 11) is 0. The lowest BCUT2D eigenvalue weighted by molar-refractivity contribution is 0.0322. The first-order chi connectivity index (χ1) is 15.8. The second-order valence-corrected chi connectivity index (χ2v) is 8.04. The van der Waals surface area contributed by atoms with Gasteiger partial charge in [-0.25, -0.2) is 4.99 Å². The quantitative estimate of drug-likeness (QED) is 0.277. The van der Waals surface area contributed by atoms with Crippen molar-refractivity contribution in [1.82, 2.24) is 15.5 Å². The van der Waals surface area contributed by atoms with Gasteiger partial charge in [0.05, 0.1) is 26.3 Å². The summed E-state index contributed by atoms with van der Waals surface area (Å²) in [6.45, 7) is 9.27. The Labute approximate surface area is 213 Å². The average molecular weight is 566 g/mol. The minimum Gasteiger partial charge on any atom is -0.492 e. The molecule has 1 atom stereocenters. The number of halogens is 1. The fourth-order valence-electron chi connectivity index (χ4n) is 3.97.